The molecule has 0 aliphatic heterocycles. The zero-order valence-corrected chi connectivity index (χ0v) is 12.2. The summed E-state index contributed by atoms with van der Waals surface area (Å²) in [5.41, 5.74) is 0.568. The standard InChI is InChI=1S/C14H15BrO4/c1-2-10(9-13(17)19-8-7-16)14(18)11-3-5-12(15)6-4-11/h3-7,10H,2,8-9H2,1H3. The summed E-state index contributed by atoms with van der Waals surface area (Å²) in [4.78, 5) is 33.7. The lowest BCUT2D eigenvalue weighted by Crippen LogP contribution is -2.20. The van der Waals surface area contributed by atoms with Gasteiger partial charge >= 0.3 is 5.97 Å². The van der Waals surface area contributed by atoms with E-state index in [2.05, 4.69) is 20.7 Å². The van der Waals surface area contributed by atoms with E-state index >= 15 is 0 Å². The molecular formula is C14H15BrO4. The van der Waals surface area contributed by atoms with Gasteiger partial charge in [0.1, 0.15) is 6.61 Å². The van der Waals surface area contributed by atoms with Crippen molar-refractivity contribution in [3.05, 3.63) is 34.3 Å². The molecule has 0 spiro atoms. The minimum atomic E-state index is -0.524. The van der Waals surface area contributed by atoms with Crippen LogP contribution >= 0.6 is 15.9 Å². The van der Waals surface area contributed by atoms with Crippen LogP contribution in [-0.4, -0.2) is 24.6 Å². The molecule has 0 heterocycles. The first kappa shape index (κ1) is 15.6. The third-order valence-corrected chi connectivity index (χ3v) is 3.25. The summed E-state index contributed by atoms with van der Waals surface area (Å²) in [5.74, 6) is -1.03. The van der Waals surface area contributed by atoms with Crippen LogP contribution in [0.15, 0.2) is 28.7 Å². The molecule has 1 rings (SSSR count). The van der Waals surface area contributed by atoms with Gasteiger partial charge in [0.2, 0.25) is 0 Å². The molecule has 5 heteroatoms. The summed E-state index contributed by atoms with van der Waals surface area (Å²) < 4.78 is 5.55. The van der Waals surface area contributed by atoms with Crippen molar-refractivity contribution in [2.45, 2.75) is 19.8 Å². The molecule has 0 bridgehead atoms. The molecule has 1 aromatic carbocycles. The quantitative estimate of drug-likeness (QED) is 0.439. The number of Topliss-reactive ketones (excluding diaryl/α,β-unsaturated/α-hetero) is 1. The zero-order chi connectivity index (χ0) is 14.3. The number of ketones is 1. The van der Waals surface area contributed by atoms with Gasteiger partial charge in [-0.15, -0.1) is 0 Å². The lowest BCUT2D eigenvalue weighted by atomic mass is 9.92. The summed E-state index contributed by atoms with van der Waals surface area (Å²) >= 11 is 3.30. The predicted molar refractivity (Wildman–Crippen MR) is 73.9 cm³/mol. The first-order valence-electron chi connectivity index (χ1n) is 5.97. The number of rotatable bonds is 7. The Morgan fingerprint density at radius 2 is 1.95 bits per heavy atom. The molecule has 0 fully saturated rings. The SMILES string of the molecule is CCC(CC(=O)OCC=O)C(=O)c1ccc(Br)cc1. The van der Waals surface area contributed by atoms with E-state index in [0.29, 0.717) is 18.3 Å². The largest absolute Gasteiger partial charge is 0.458 e. The van der Waals surface area contributed by atoms with E-state index < -0.39 is 11.9 Å². The van der Waals surface area contributed by atoms with Crippen molar-refractivity contribution in [1.29, 1.82) is 0 Å². The molecule has 0 aromatic heterocycles. The van der Waals surface area contributed by atoms with Crippen molar-refractivity contribution in [3.8, 4) is 0 Å². The Bertz CT molecular complexity index is 453. The summed E-state index contributed by atoms with van der Waals surface area (Å²) in [6.45, 7) is 1.58. The molecule has 0 saturated carbocycles. The van der Waals surface area contributed by atoms with Crippen molar-refractivity contribution in [3.63, 3.8) is 0 Å². The minimum Gasteiger partial charge on any atom is -0.458 e. The van der Waals surface area contributed by atoms with Crippen LogP contribution in [-0.2, 0) is 14.3 Å². The van der Waals surface area contributed by atoms with Gasteiger partial charge in [0.15, 0.2) is 12.1 Å². The summed E-state index contributed by atoms with van der Waals surface area (Å²) in [7, 11) is 0. The first-order valence-corrected chi connectivity index (χ1v) is 6.76. The van der Waals surface area contributed by atoms with Gasteiger partial charge in [0.05, 0.1) is 6.42 Å². The van der Waals surface area contributed by atoms with Gasteiger partial charge in [-0.25, -0.2) is 0 Å². The maximum atomic E-state index is 12.2. The first-order chi connectivity index (χ1) is 9.08. The third kappa shape index (κ3) is 4.95. The summed E-state index contributed by atoms with van der Waals surface area (Å²) in [5, 5.41) is 0. The highest BCUT2D eigenvalue weighted by Gasteiger charge is 2.22. The molecule has 0 aliphatic carbocycles. The average molecular weight is 327 g/mol. The Labute approximate surface area is 120 Å². The molecule has 102 valence electrons. The fourth-order valence-electron chi connectivity index (χ4n) is 1.66. The van der Waals surface area contributed by atoms with E-state index in [1.165, 1.54) is 0 Å². The van der Waals surface area contributed by atoms with Crippen LogP contribution in [0.4, 0.5) is 0 Å². The highest BCUT2D eigenvalue weighted by molar-refractivity contribution is 9.10. The Hall–Kier alpha value is -1.49. The zero-order valence-electron chi connectivity index (χ0n) is 10.6. The number of carbonyl (C=O) groups is 3. The summed E-state index contributed by atoms with van der Waals surface area (Å²) in [6, 6.07) is 6.99. The van der Waals surface area contributed by atoms with Crippen molar-refractivity contribution >= 4 is 34.0 Å². The van der Waals surface area contributed by atoms with Gasteiger partial charge < -0.3 is 4.74 Å². The number of ether oxygens (including phenoxy) is 1. The number of halogens is 1. The lowest BCUT2D eigenvalue weighted by Gasteiger charge is -2.12. The summed E-state index contributed by atoms with van der Waals surface area (Å²) in [6.07, 6.45) is 1.06. The highest BCUT2D eigenvalue weighted by Crippen LogP contribution is 2.18. The topological polar surface area (TPSA) is 60.4 Å². The molecule has 1 atom stereocenters. The van der Waals surface area contributed by atoms with E-state index in [9.17, 15) is 14.4 Å². The van der Waals surface area contributed by atoms with Crippen LogP contribution in [0, 0.1) is 5.92 Å². The normalized spacial score (nSPS) is 11.7. The second-order valence-corrected chi connectivity index (χ2v) is 4.95. The van der Waals surface area contributed by atoms with Crippen LogP contribution in [0.1, 0.15) is 30.1 Å². The minimum absolute atomic E-state index is 0.000757. The Morgan fingerprint density at radius 1 is 1.32 bits per heavy atom. The van der Waals surface area contributed by atoms with Crippen molar-refractivity contribution in [2.75, 3.05) is 6.61 Å². The van der Waals surface area contributed by atoms with Gasteiger partial charge in [0.25, 0.3) is 0 Å². The van der Waals surface area contributed by atoms with Gasteiger partial charge in [-0.1, -0.05) is 35.0 Å². The van der Waals surface area contributed by atoms with Crippen molar-refractivity contribution < 1.29 is 19.1 Å². The fourth-order valence-corrected chi connectivity index (χ4v) is 1.92. The lowest BCUT2D eigenvalue weighted by molar-refractivity contribution is -0.146. The molecule has 0 N–H and O–H groups in total. The molecule has 4 nitrogen and oxygen atoms in total. The predicted octanol–water partition coefficient (Wildman–Crippen LogP) is 2.79. The molecule has 0 radical (unpaired) electrons. The van der Waals surface area contributed by atoms with Crippen LogP contribution in [0.2, 0.25) is 0 Å². The second-order valence-electron chi connectivity index (χ2n) is 4.03. The maximum absolute atomic E-state index is 12.2. The molecule has 0 saturated heterocycles. The average Bonchev–Trinajstić information content (AvgIpc) is 2.42. The van der Waals surface area contributed by atoms with E-state index in [1.807, 2.05) is 6.92 Å². The number of benzene rings is 1. The highest BCUT2D eigenvalue weighted by atomic mass is 79.9. The van der Waals surface area contributed by atoms with Crippen molar-refractivity contribution in [2.24, 2.45) is 5.92 Å². The Kier molecular flexibility index (Phi) is 6.42. The molecule has 1 aromatic rings. The molecule has 0 amide bonds. The van der Waals surface area contributed by atoms with Gasteiger partial charge in [0, 0.05) is 16.0 Å². The number of hydrogen-bond acceptors (Lipinski definition) is 4. The van der Waals surface area contributed by atoms with E-state index in [0.717, 1.165) is 4.47 Å². The number of carbonyl (C=O) groups excluding carboxylic acids is 3. The third-order valence-electron chi connectivity index (χ3n) is 2.72. The van der Waals surface area contributed by atoms with Gasteiger partial charge in [-0.05, 0) is 18.6 Å². The second kappa shape index (κ2) is 7.84. The van der Waals surface area contributed by atoms with E-state index in [-0.39, 0.29) is 18.8 Å². The van der Waals surface area contributed by atoms with E-state index in [1.54, 1.807) is 24.3 Å². The molecule has 0 aliphatic rings. The molecular weight excluding hydrogens is 312 g/mol. The Morgan fingerprint density at radius 3 is 2.47 bits per heavy atom. The van der Waals surface area contributed by atoms with Crippen LogP contribution in [0.25, 0.3) is 0 Å². The van der Waals surface area contributed by atoms with Crippen LogP contribution in [0.5, 0.6) is 0 Å². The fraction of sp³-hybridized carbons (Fsp3) is 0.357. The maximum Gasteiger partial charge on any atom is 0.306 e. The molecule has 19 heavy (non-hydrogen) atoms. The van der Waals surface area contributed by atoms with Gasteiger partial charge in [-0.2, -0.15) is 0 Å². The Balaban J connectivity index is 2.68. The number of esters is 1. The monoisotopic (exact) mass is 326 g/mol. The van der Waals surface area contributed by atoms with Crippen LogP contribution in [0.3, 0.4) is 0 Å². The molecule has 1 unspecified atom stereocenters. The smallest absolute Gasteiger partial charge is 0.306 e. The number of hydrogen-bond donors (Lipinski definition) is 0. The van der Waals surface area contributed by atoms with Gasteiger partial charge in [-0.3, -0.25) is 14.4 Å². The van der Waals surface area contributed by atoms with Crippen LogP contribution < -0.4 is 0 Å². The number of aldehydes is 1. The van der Waals surface area contributed by atoms with E-state index in [4.69, 9.17) is 0 Å². The van der Waals surface area contributed by atoms with Crippen molar-refractivity contribution in [1.82, 2.24) is 0 Å².